The van der Waals surface area contributed by atoms with Gasteiger partial charge in [-0.2, -0.15) is 0 Å². The zero-order chi connectivity index (χ0) is 19.6. The fourth-order valence-corrected chi connectivity index (χ4v) is 4.55. The molecule has 0 aliphatic carbocycles. The molecule has 148 valence electrons. The molecule has 0 radical (unpaired) electrons. The number of aryl methyl sites for hydroxylation is 1. The van der Waals surface area contributed by atoms with Crippen LogP contribution in [0.4, 0.5) is 0 Å². The maximum atomic E-state index is 13.0. The van der Waals surface area contributed by atoms with Crippen molar-refractivity contribution in [2.24, 2.45) is 5.92 Å². The van der Waals surface area contributed by atoms with Crippen molar-refractivity contribution in [2.45, 2.75) is 38.2 Å². The molecule has 2 aromatic carbocycles. The summed E-state index contributed by atoms with van der Waals surface area (Å²) in [4.78, 5) is 14.9. The first-order valence-electron chi connectivity index (χ1n) is 10.5. The number of rotatable bonds is 4. The van der Waals surface area contributed by atoms with Gasteiger partial charge in [0.15, 0.2) is 0 Å². The van der Waals surface area contributed by atoms with Gasteiger partial charge in [0.25, 0.3) is 5.91 Å². The minimum atomic E-state index is -0.601. The third kappa shape index (κ3) is 3.85. The monoisotopic (exact) mass is 378 g/mol. The van der Waals surface area contributed by atoms with Crippen LogP contribution >= 0.6 is 0 Å². The van der Waals surface area contributed by atoms with Gasteiger partial charge in [0.1, 0.15) is 0 Å². The average Bonchev–Trinajstić information content (AvgIpc) is 2.73. The Morgan fingerprint density at radius 2 is 1.79 bits per heavy atom. The molecule has 2 N–H and O–H groups in total. The van der Waals surface area contributed by atoms with Crippen LogP contribution in [-0.2, 0) is 6.42 Å². The van der Waals surface area contributed by atoms with E-state index in [9.17, 15) is 9.90 Å². The van der Waals surface area contributed by atoms with Gasteiger partial charge in [-0.3, -0.25) is 4.79 Å². The second kappa shape index (κ2) is 8.06. The Hall–Kier alpha value is -2.17. The number of benzene rings is 2. The highest BCUT2D eigenvalue weighted by molar-refractivity contribution is 5.94. The van der Waals surface area contributed by atoms with E-state index < -0.39 is 5.60 Å². The second-order valence-electron chi connectivity index (χ2n) is 8.28. The fraction of sp³-hybridized carbons (Fsp3) is 0.458. The second-order valence-corrected chi connectivity index (χ2v) is 8.28. The number of carbonyl (C=O) groups is 1. The summed E-state index contributed by atoms with van der Waals surface area (Å²) in [5, 5.41) is 14.1. The van der Waals surface area contributed by atoms with E-state index in [1.54, 1.807) is 0 Å². The molecule has 4 heteroatoms. The lowest BCUT2D eigenvalue weighted by Crippen LogP contribution is -2.59. The third-order valence-electron chi connectivity index (χ3n) is 6.39. The van der Waals surface area contributed by atoms with Gasteiger partial charge >= 0.3 is 0 Å². The number of fused-ring (bicyclic) bond motifs is 1. The van der Waals surface area contributed by atoms with Crippen LogP contribution < -0.4 is 5.32 Å². The van der Waals surface area contributed by atoms with Crippen molar-refractivity contribution in [3.8, 4) is 11.1 Å². The lowest BCUT2D eigenvalue weighted by atomic mass is 9.76. The van der Waals surface area contributed by atoms with Crippen molar-refractivity contribution >= 4 is 5.91 Å². The molecule has 2 unspecified atom stereocenters. The summed E-state index contributed by atoms with van der Waals surface area (Å²) in [6, 6.07) is 16.6. The molecule has 2 atom stereocenters. The topological polar surface area (TPSA) is 52.6 Å². The first-order chi connectivity index (χ1) is 13.6. The zero-order valence-corrected chi connectivity index (χ0v) is 16.7. The molecule has 2 heterocycles. The van der Waals surface area contributed by atoms with E-state index in [0.717, 1.165) is 43.5 Å². The number of aliphatic hydroxyl groups is 1. The zero-order valence-electron chi connectivity index (χ0n) is 16.7. The summed E-state index contributed by atoms with van der Waals surface area (Å²) < 4.78 is 0. The molecule has 4 nitrogen and oxygen atoms in total. The largest absolute Gasteiger partial charge is 0.389 e. The number of nitrogens with zero attached hydrogens (tertiary/aromatic N) is 1. The molecule has 4 rings (SSSR count). The van der Waals surface area contributed by atoms with Gasteiger partial charge in [-0.15, -0.1) is 0 Å². The fourth-order valence-electron chi connectivity index (χ4n) is 4.55. The Morgan fingerprint density at radius 3 is 2.46 bits per heavy atom. The SMILES string of the molecule is CCCc1ccc(-c2ccc(C(=O)N3CCC4(O)CCNCC4C3)cc2)cc1. The highest BCUT2D eigenvalue weighted by Gasteiger charge is 2.43. The van der Waals surface area contributed by atoms with Crippen LogP contribution in [0.2, 0.25) is 0 Å². The maximum absolute atomic E-state index is 13.0. The van der Waals surface area contributed by atoms with E-state index >= 15 is 0 Å². The normalized spacial score (nSPS) is 24.6. The number of amides is 1. The quantitative estimate of drug-likeness (QED) is 0.856. The lowest BCUT2D eigenvalue weighted by molar-refractivity contribution is -0.0817. The van der Waals surface area contributed by atoms with E-state index in [1.807, 2.05) is 29.2 Å². The molecule has 28 heavy (non-hydrogen) atoms. The molecule has 2 aliphatic rings. The highest BCUT2D eigenvalue weighted by Crippen LogP contribution is 2.33. The third-order valence-corrected chi connectivity index (χ3v) is 6.39. The van der Waals surface area contributed by atoms with Gasteiger partial charge < -0.3 is 15.3 Å². The number of hydrogen-bond acceptors (Lipinski definition) is 3. The van der Waals surface area contributed by atoms with Crippen LogP contribution in [0.25, 0.3) is 11.1 Å². The molecule has 1 amide bonds. The molecule has 0 saturated carbocycles. The van der Waals surface area contributed by atoms with Crippen LogP contribution in [0.5, 0.6) is 0 Å². The standard InChI is InChI=1S/C24H30N2O2/c1-2-3-18-4-6-19(7-5-18)20-8-10-21(11-9-20)23(27)26-15-13-24(28)12-14-25-16-22(24)17-26/h4-11,22,25,28H,2-3,12-17H2,1H3. The lowest BCUT2D eigenvalue weighted by Gasteiger charge is -2.47. The summed E-state index contributed by atoms with van der Waals surface area (Å²) in [5.74, 6) is 0.192. The Balaban J connectivity index is 1.44. The van der Waals surface area contributed by atoms with Crippen LogP contribution in [0, 0.1) is 5.92 Å². The van der Waals surface area contributed by atoms with Gasteiger partial charge in [0.05, 0.1) is 5.60 Å². The van der Waals surface area contributed by atoms with Crippen LogP contribution in [0.1, 0.15) is 42.1 Å². The predicted octanol–water partition coefficient (Wildman–Crippen LogP) is 3.49. The minimum absolute atomic E-state index is 0.0671. The van der Waals surface area contributed by atoms with Gasteiger partial charge in [-0.25, -0.2) is 0 Å². The van der Waals surface area contributed by atoms with Gasteiger partial charge in [0, 0.05) is 31.1 Å². The smallest absolute Gasteiger partial charge is 0.253 e. The molecule has 0 bridgehead atoms. The van der Waals surface area contributed by atoms with Gasteiger partial charge in [-0.1, -0.05) is 49.7 Å². The number of nitrogens with one attached hydrogen (secondary N) is 1. The van der Waals surface area contributed by atoms with E-state index in [2.05, 4.69) is 36.5 Å². The highest BCUT2D eigenvalue weighted by atomic mass is 16.3. The van der Waals surface area contributed by atoms with E-state index in [0.29, 0.717) is 19.5 Å². The Morgan fingerprint density at radius 1 is 1.11 bits per heavy atom. The number of carbonyl (C=O) groups excluding carboxylic acids is 1. The number of piperidine rings is 2. The summed E-state index contributed by atoms with van der Waals surface area (Å²) in [7, 11) is 0. The Kier molecular flexibility index (Phi) is 5.51. The van der Waals surface area contributed by atoms with Crippen molar-refractivity contribution < 1.29 is 9.90 Å². The van der Waals surface area contributed by atoms with Gasteiger partial charge in [-0.05, 0) is 54.6 Å². The first-order valence-corrected chi connectivity index (χ1v) is 10.5. The Bertz CT molecular complexity index is 816. The van der Waals surface area contributed by atoms with Crippen LogP contribution in [0.15, 0.2) is 48.5 Å². The maximum Gasteiger partial charge on any atom is 0.253 e. The number of likely N-dealkylation sites (tertiary alicyclic amines) is 1. The first kappa shape index (κ1) is 19.2. The summed E-state index contributed by atoms with van der Waals surface area (Å²) in [6.07, 6.45) is 3.72. The Labute approximate surface area is 167 Å². The molecule has 0 aromatic heterocycles. The van der Waals surface area contributed by atoms with Crippen molar-refractivity contribution in [2.75, 3.05) is 26.2 Å². The van der Waals surface area contributed by atoms with Crippen molar-refractivity contribution in [3.63, 3.8) is 0 Å². The summed E-state index contributed by atoms with van der Waals surface area (Å²) >= 11 is 0. The molecule has 2 aromatic rings. The van der Waals surface area contributed by atoms with Gasteiger partial charge in [0.2, 0.25) is 0 Å². The molecule has 2 saturated heterocycles. The van der Waals surface area contributed by atoms with E-state index in [4.69, 9.17) is 0 Å². The van der Waals surface area contributed by atoms with Crippen LogP contribution in [0.3, 0.4) is 0 Å². The molecular formula is C24H30N2O2. The summed E-state index contributed by atoms with van der Waals surface area (Å²) in [6.45, 7) is 5.10. The van der Waals surface area contributed by atoms with E-state index in [-0.39, 0.29) is 11.8 Å². The van der Waals surface area contributed by atoms with Crippen LogP contribution in [-0.4, -0.2) is 47.7 Å². The molecule has 2 aliphatic heterocycles. The van der Waals surface area contributed by atoms with Crippen molar-refractivity contribution in [3.05, 3.63) is 59.7 Å². The minimum Gasteiger partial charge on any atom is -0.389 e. The number of hydrogen-bond donors (Lipinski definition) is 2. The average molecular weight is 379 g/mol. The molecular weight excluding hydrogens is 348 g/mol. The van der Waals surface area contributed by atoms with E-state index in [1.165, 1.54) is 11.1 Å². The predicted molar refractivity (Wildman–Crippen MR) is 112 cm³/mol. The molecule has 0 spiro atoms. The molecule has 2 fully saturated rings. The van der Waals surface area contributed by atoms with Crippen molar-refractivity contribution in [1.82, 2.24) is 10.2 Å². The van der Waals surface area contributed by atoms with Crippen molar-refractivity contribution in [1.29, 1.82) is 0 Å². The summed E-state index contributed by atoms with van der Waals surface area (Å²) in [5.41, 5.74) is 3.79.